The van der Waals surface area contributed by atoms with Crippen LogP contribution >= 0.6 is 0 Å². The minimum atomic E-state index is -1.63. The fourth-order valence-corrected chi connectivity index (χ4v) is 9.61. The Labute approximate surface area is 506 Å². The minimum absolute atomic E-state index is 0.106. The Bertz CT molecular complexity index is 1810. The largest absolute Gasteiger partial charge is 0.454 e. The first-order chi connectivity index (χ1) is 40.7. The van der Waals surface area contributed by atoms with Gasteiger partial charge in [-0.1, -0.05) is 264 Å². The van der Waals surface area contributed by atoms with Crippen molar-refractivity contribution in [3.05, 3.63) is 122 Å². The quantitative estimate of drug-likeness (QED) is 0.0195. The second-order valence-corrected chi connectivity index (χ2v) is 22.5. The predicted molar refractivity (Wildman–Crippen MR) is 347 cm³/mol. The maximum atomic E-state index is 13.4. The molecule has 1 saturated heterocycles. The summed E-state index contributed by atoms with van der Waals surface area (Å²) in [4.78, 5) is 26.6. The van der Waals surface area contributed by atoms with Crippen LogP contribution in [0.25, 0.3) is 0 Å². The molecule has 8 atom stereocenters. The number of amides is 1. The molecule has 11 nitrogen and oxygen atoms in total. The van der Waals surface area contributed by atoms with Gasteiger partial charge in [0.1, 0.15) is 24.4 Å². The summed E-state index contributed by atoms with van der Waals surface area (Å²) in [5.74, 6) is -1.26. The highest BCUT2D eigenvalue weighted by Gasteiger charge is 2.47. The van der Waals surface area contributed by atoms with Gasteiger partial charge in [-0.15, -0.1) is 0 Å². The van der Waals surface area contributed by atoms with Crippen LogP contribution in [0.3, 0.4) is 0 Å². The molecule has 474 valence electrons. The van der Waals surface area contributed by atoms with Crippen LogP contribution in [0.5, 0.6) is 0 Å². The first-order valence-corrected chi connectivity index (χ1v) is 33.3. The number of esters is 1. The highest BCUT2D eigenvalue weighted by molar-refractivity contribution is 5.80. The van der Waals surface area contributed by atoms with E-state index in [-0.39, 0.29) is 19.4 Å². The Morgan fingerprint density at radius 2 is 0.867 bits per heavy atom. The third-order valence-corrected chi connectivity index (χ3v) is 14.9. The van der Waals surface area contributed by atoms with Crippen LogP contribution in [-0.4, -0.2) is 99.6 Å². The van der Waals surface area contributed by atoms with Crippen molar-refractivity contribution in [2.24, 2.45) is 0 Å². The average Bonchev–Trinajstić information content (AvgIpc) is 3.68. The first-order valence-electron chi connectivity index (χ1n) is 33.3. The summed E-state index contributed by atoms with van der Waals surface area (Å²) in [6, 6.07) is -1.06. The minimum Gasteiger partial charge on any atom is -0.454 e. The van der Waals surface area contributed by atoms with Gasteiger partial charge < -0.3 is 45.1 Å². The second kappa shape index (κ2) is 58.4. The monoisotopic (exact) mass is 1160 g/mol. The lowest BCUT2D eigenvalue weighted by Gasteiger charge is -2.41. The number of carbonyl (C=O) groups excluding carboxylic acids is 2. The average molecular weight is 1160 g/mol. The molecular weight excluding hydrogens is 1040 g/mol. The van der Waals surface area contributed by atoms with Gasteiger partial charge in [0.25, 0.3) is 0 Å². The van der Waals surface area contributed by atoms with E-state index >= 15 is 0 Å². The van der Waals surface area contributed by atoms with E-state index in [9.17, 15) is 35.1 Å². The molecule has 1 rings (SSSR count). The van der Waals surface area contributed by atoms with Crippen LogP contribution < -0.4 is 5.32 Å². The highest BCUT2D eigenvalue weighted by Crippen LogP contribution is 2.26. The van der Waals surface area contributed by atoms with Gasteiger partial charge in [0.2, 0.25) is 5.91 Å². The number of allylic oxidation sites excluding steroid dienone is 19. The van der Waals surface area contributed by atoms with Crippen molar-refractivity contribution in [3.63, 3.8) is 0 Å². The molecule has 0 spiro atoms. The first kappa shape index (κ1) is 77.1. The Hall–Kier alpha value is -3.94. The molecule has 0 aromatic heterocycles. The third kappa shape index (κ3) is 46.0. The zero-order chi connectivity index (χ0) is 60.3. The van der Waals surface area contributed by atoms with Gasteiger partial charge in [-0.25, -0.2) is 0 Å². The molecule has 11 heteroatoms. The van der Waals surface area contributed by atoms with Crippen molar-refractivity contribution in [2.45, 2.75) is 307 Å². The molecule has 1 amide bonds. The van der Waals surface area contributed by atoms with E-state index in [0.717, 1.165) is 116 Å². The zero-order valence-electron chi connectivity index (χ0n) is 52.5. The van der Waals surface area contributed by atoms with Gasteiger partial charge in [0.15, 0.2) is 12.4 Å². The van der Waals surface area contributed by atoms with E-state index in [4.69, 9.17) is 14.2 Å². The normalized spacial score (nSPS) is 19.3. The van der Waals surface area contributed by atoms with E-state index in [1.165, 1.54) is 96.3 Å². The second-order valence-electron chi connectivity index (χ2n) is 22.5. The van der Waals surface area contributed by atoms with Gasteiger partial charge in [0.05, 0.1) is 25.4 Å². The van der Waals surface area contributed by atoms with Crippen LogP contribution in [0.15, 0.2) is 122 Å². The van der Waals surface area contributed by atoms with Crippen LogP contribution in [0.1, 0.15) is 258 Å². The Balaban J connectivity index is 2.60. The van der Waals surface area contributed by atoms with Gasteiger partial charge in [0, 0.05) is 6.42 Å². The van der Waals surface area contributed by atoms with Gasteiger partial charge in [-0.05, 0) is 109 Å². The number of aliphatic hydroxyl groups excluding tert-OH is 5. The summed E-state index contributed by atoms with van der Waals surface area (Å²) >= 11 is 0. The molecule has 1 heterocycles. The number of nitrogens with one attached hydrogen (secondary N) is 1. The molecule has 1 fully saturated rings. The lowest BCUT2D eigenvalue weighted by Crippen LogP contribution is -2.61. The highest BCUT2D eigenvalue weighted by atomic mass is 16.7. The summed E-state index contributed by atoms with van der Waals surface area (Å²) in [6.07, 6.45) is 71.1. The fraction of sp³-hybridized carbons (Fsp3) is 0.694. The summed E-state index contributed by atoms with van der Waals surface area (Å²) < 4.78 is 17.6. The van der Waals surface area contributed by atoms with E-state index in [1.807, 2.05) is 18.2 Å². The third-order valence-electron chi connectivity index (χ3n) is 14.9. The van der Waals surface area contributed by atoms with E-state index in [0.29, 0.717) is 12.8 Å². The van der Waals surface area contributed by atoms with E-state index in [1.54, 1.807) is 6.08 Å². The molecule has 8 unspecified atom stereocenters. The van der Waals surface area contributed by atoms with Crippen LogP contribution in [0.2, 0.25) is 0 Å². The van der Waals surface area contributed by atoms with Gasteiger partial charge >= 0.3 is 5.97 Å². The summed E-state index contributed by atoms with van der Waals surface area (Å²) in [7, 11) is 0. The summed E-state index contributed by atoms with van der Waals surface area (Å²) in [5, 5.41) is 57.0. The molecule has 0 saturated carbocycles. The molecule has 6 N–H and O–H groups in total. The number of unbranched alkanes of at least 4 members (excludes halogenated alkanes) is 23. The number of ether oxygens (including phenoxy) is 3. The number of hydrogen-bond donors (Lipinski definition) is 6. The molecule has 1 aliphatic rings. The standard InChI is InChI=1S/C72H121NO10/c1-4-7-10-13-16-19-22-24-26-28-29-30-31-32-33-34-35-36-37-38-40-42-45-48-51-54-57-60-67(77)83-70-69(79)68(78)66(61-74)82-72(70)81-62-63(64(75)58-55-52-49-46-43-21-18-15-12-9-6-3)73-71(80)65(76)59-56-53-50-47-44-41-39-27-25-23-20-17-14-11-8-5-2/h7,10,16-17,19-20,24-27,29-30,32-33,41,44,50,53,55,58,63-66,68-70,72,74-76,78-79H,4-6,8-9,11-15,18,21-23,28,31,34-40,42-43,45-49,51-52,54,56-57,59-62H2,1-3H3,(H,73,80)/b10-7-,19-16-,20-17-,26-24-,27-25-,30-29-,33-32-,44-41-,53-50-,58-55+. The molecule has 0 aromatic rings. The molecule has 0 aliphatic carbocycles. The van der Waals surface area contributed by atoms with Crippen LogP contribution in [0.4, 0.5) is 0 Å². The molecule has 0 bridgehead atoms. The van der Waals surface area contributed by atoms with E-state index < -0.39 is 67.4 Å². The van der Waals surface area contributed by atoms with Crippen LogP contribution in [-0.2, 0) is 23.8 Å². The van der Waals surface area contributed by atoms with E-state index in [2.05, 4.69) is 123 Å². The van der Waals surface area contributed by atoms with Crippen molar-refractivity contribution < 1.29 is 49.3 Å². The van der Waals surface area contributed by atoms with Crippen molar-refractivity contribution in [2.75, 3.05) is 13.2 Å². The Kier molecular flexibility index (Phi) is 54.3. The zero-order valence-corrected chi connectivity index (χ0v) is 52.5. The SMILES string of the molecule is CC/C=C\C/C=C\C/C=C\C/C=C\C/C=C\CCCCCCCCCCCCCC(=O)OC1C(OCC(NC(=O)C(O)CC/C=C\C/C=C\C/C=C\C/C=C\CCCCC)C(O)/C=C/CCCCCCCCCCC)OC(CO)C(O)C1O. The van der Waals surface area contributed by atoms with Crippen molar-refractivity contribution in [1.82, 2.24) is 5.32 Å². The lowest BCUT2D eigenvalue weighted by atomic mass is 9.99. The molecule has 1 aliphatic heterocycles. The molecule has 0 radical (unpaired) electrons. The maximum Gasteiger partial charge on any atom is 0.306 e. The summed E-state index contributed by atoms with van der Waals surface area (Å²) in [6.45, 7) is 5.60. The van der Waals surface area contributed by atoms with Crippen molar-refractivity contribution in [3.8, 4) is 0 Å². The van der Waals surface area contributed by atoms with Gasteiger partial charge in [-0.2, -0.15) is 0 Å². The number of carbonyl (C=O) groups is 2. The van der Waals surface area contributed by atoms with Gasteiger partial charge in [-0.3, -0.25) is 9.59 Å². The number of rotatable bonds is 55. The number of aliphatic hydroxyl groups is 5. The number of hydrogen-bond acceptors (Lipinski definition) is 10. The molecule has 83 heavy (non-hydrogen) atoms. The topological polar surface area (TPSA) is 175 Å². The fourth-order valence-electron chi connectivity index (χ4n) is 9.61. The van der Waals surface area contributed by atoms with Crippen molar-refractivity contribution >= 4 is 11.9 Å². The lowest BCUT2D eigenvalue weighted by molar-refractivity contribution is -0.305. The van der Waals surface area contributed by atoms with Crippen molar-refractivity contribution in [1.29, 1.82) is 0 Å². The van der Waals surface area contributed by atoms with Crippen LogP contribution in [0, 0.1) is 0 Å². The Morgan fingerprint density at radius 1 is 0.482 bits per heavy atom. The molecular formula is C72H121NO10. The maximum absolute atomic E-state index is 13.4. The predicted octanol–water partition coefficient (Wildman–Crippen LogP) is 16.6. The molecule has 0 aromatic carbocycles. The smallest absolute Gasteiger partial charge is 0.306 e. The summed E-state index contributed by atoms with van der Waals surface area (Å²) in [5.41, 5.74) is 0. The Morgan fingerprint density at radius 3 is 1.33 bits per heavy atom.